The molecule has 0 radical (unpaired) electrons. The summed E-state index contributed by atoms with van der Waals surface area (Å²) in [6, 6.07) is 0. The minimum atomic E-state index is -1.23. The van der Waals surface area contributed by atoms with Crippen molar-refractivity contribution in [1.29, 1.82) is 0 Å². The fraction of sp³-hybridized carbons (Fsp3) is 0.867. The molecule has 112 valence electrons. The van der Waals surface area contributed by atoms with Gasteiger partial charge in [-0.25, -0.2) is 0 Å². The van der Waals surface area contributed by atoms with Crippen LogP contribution < -0.4 is 0 Å². The number of halogens is 2. The summed E-state index contributed by atoms with van der Waals surface area (Å²) in [6.45, 7) is 6.29. The molecule has 6 atom stereocenters. The number of ether oxygens (including phenoxy) is 1. The van der Waals surface area contributed by atoms with Crippen LogP contribution in [-0.2, 0) is 14.3 Å². The first-order chi connectivity index (χ1) is 9.14. The fourth-order valence-electron chi connectivity index (χ4n) is 5.19. The lowest BCUT2D eigenvalue weighted by Crippen LogP contribution is -2.72. The van der Waals surface area contributed by atoms with Gasteiger partial charge in [-0.15, -0.1) is 23.2 Å². The summed E-state index contributed by atoms with van der Waals surface area (Å²) < 4.78 is 4.93. The van der Waals surface area contributed by atoms with Crippen LogP contribution in [0.15, 0.2) is 0 Å². The van der Waals surface area contributed by atoms with E-state index in [4.69, 9.17) is 27.9 Å². The van der Waals surface area contributed by atoms with Gasteiger partial charge in [0.15, 0.2) is 11.2 Å². The maximum absolute atomic E-state index is 13.0. The molecule has 0 saturated heterocycles. The molecule has 0 aromatic carbocycles. The minimum absolute atomic E-state index is 0.0423. The molecule has 0 amide bonds. The lowest BCUT2D eigenvalue weighted by molar-refractivity contribution is -0.177. The van der Waals surface area contributed by atoms with Crippen LogP contribution in [-0.4, -0.2) is 29.6 Å². The number of fused-ring (bicyclic) bond motifs is 3. The molecule has 0 aromatic heterocycles. The highest BCUT2D eigenvalue weighted by molar-refractivity contribution is 6.37. The number of alkyl halides is 2. The van der Waals surface area contributed by atoms with Gasteiger partial charge in [-0.05, 0) is 24.2 Å². The van der Waals surface area contributed by atoms with Gasteiger partial charge in [0.1, 0.15) is 0 Å². The summed E-state index contributed by atoms with van der Waals surface area (Å²) in [5, 5.41) is -1.03. The number of Topliss-reactive ketones (excluding diaryl/α,β-unsaturated/α-hetero) is 1. The third-order valence-electron chi connectivity index (χ3n) is 6.13. The molecule has 2 unspecified atom stereocenters. The molecule has 0 heterocycles. The molecule has 3 rings (SSSR count). The molecule has 20 heavy (non-hydrogen) atoms. The number of carbonyl (C=O) groups excluding carboxylic acids is 2. The topological polar surface area (TPSA) is 43.4 Å². The summed E-state index contributed by atoms with van der Waals surface area (Å²) >= 11 is 12.8. The molecule has 5 heteroatoms. The zero-order valence-corrected chi connectivity index (χ0v) is 13.7. The highest BCUT2D eigenvalue weighted by atomic mass is 35.5. The van der Waals surface area contributed by atoms with Gasteiger partial charge >= 0.3 is 5.97 Å². The summed E-state index contributed by atoms with van der Waals surface area (Å²) in [5.74, 6) is -0.533. The number of rotatable bonds is 1. The summed E-state index contributed by atoms with van der Waals surface area (Å²) in [5.41, 5.74) is -1.70. The molecule has 0 aromatic rings. The normalized spacial score (nSPS) is 52.2. The molecule has 3 nitrogen and oxygen atoms in total. The first-order valence-corrected chi connectivity index (χ1v) is 7.92. The van der Waals surface area contributed by atoms with Gasteiger partial charge in [0, 0.05) is 11.3 Å². The Bertz CT molecular complexity index is 503. The van der Waals surface area contributed by atoms with E-state index < -0.39 is 22.2 Å². The molecule has 0 bridgehead atoms. The van der Waals surface area contributed by atoms with Crippen molar-refractivity contribution in [3.8, 4) is 0 Å². The van der Waals surface area contributed by atoms with Crippen molar-refractivity contribution >= 4 is 35.0 Å². The van der Waals surface area contributed by atoms with Crippen LogP contribution in [0.2, 0.25) is 0 Å². The second-order valence-electron chi connectivity index (χ2n) is 7.54. The largest absolute Gasteiger partial charge is 0.468 e. The predicted octanol–water partition coefficient (Wildman–Crippen LogP) is 3.02. The van der Waals surface area contributed by atoms with Crippen molar-refractivity contribution < 1.29 is 14.3 Å². The van der Waals surface area contributed by atoms with Crippen LogP contribution in [0, 0.1) is 28.1 Å². The second-order valence-corrected chi connectivity index (χ2v) is 8.48. The van der Waals surface area contributed by atoms with Crippen molar-refractivity contribution in [3.05, 3.63) is 0 Å². The molecule has 3 saturated carbocycles. The highest BCUT2D eigenvalue weighted by Gasteiger charge is 2.85. The number of hydrogen-bond donors (Lipinski definition) is 0. The maximum Gasteiger partial charge on any atom is 0.321 e. The summed E-state index contributed by atoms with van der Waals surface area (Å²) in [7, 11) is 1.31. The van der Waals surface area contributed by atoms with E-state index in [0.29, 0.717) is 0 Å². The van der Waals surface area contributed by atoms with Gasteiger partial charge in [0.2, 0.25) is 0 Å². The third kappa shape index (κ3) is 1.26. The lowest BCUT2D eigenvalue weighted by atomic mass is 9.47. The van der Waals surface area contributed by atoms with Crippen molar-refractivity contribution in [2.24, 2.45) is 28.1 Å². The molecule has 0 N–H and O–H groups in total. The zero-order valence-electron chi connectivity index (χ0n) is 12.2. The zero-order chi connectivity index (χ0) is 15.1. The van der Waals surface area contributed by atoms with E-state index in [1.807, 2.05) is 6.92 Å². The Labute approximate surface area is 129 Å². The monoisotopic (exact) mass is 318 g/mol. The summed E-state index contributed by atoms with van der Waals surface area (Å²) in [4.78, 5) is 25.4. The van der Waals surface area contributed by atoms with Crippen molar-refractivity contribution in [2.75, 3.05) is 7.11 Å². The van der Waals surface area contributed by atoms with Crippen molar-refractivity contribution in [3.63, 3.8) is 0 Å². The van der Waals surface area contributed by atoms with E-state index in [2.05, 4.69) is 13.8 Å². The van der Waals surface area contributed by atoms with E-state index >= 15 is 0 Å². The van der Waals surface area contributed by atoms with E-state index in [-0.39, 0.29) is 28.4 Å². The molecule has 3 fully saturated rings. The Morgan fingerprint density at radius 2 is 1.80 bits per heavy atom. The first-order valence-electron chi connectivity index (χ1n) is 7.05. The SMILES string of the molecule is COC(=O)[C@]12C(=O)[C@@H]3CC(C)(C)C[C@@H]3[C@@]1(C)C(Cl)C2Cl. The molecular formula is C15H20Cl2O3. The lowest BCUT2D eigenvalue weighted by Gasteiger charge is -2.59. The predicted molar refractivity (Wildman–Crippen MR) is 76.8 cm³/mol. The van der Waals surface area contributed by atoms with Gasteiger partial charge in [-0.3, -0.25) is 9.59 Å². The van der Waals surface area contributed by atoms with E-state index in [0.717, 1.165) is 12.8 Å². The van der Waals surface area contributed by atoms with Crippen LogP contribution in [0.1, 0.15) is 33.6 Å². The first kappa shape index (κ1) is 14.6. The fourth-order valence-corrected chi connectivity index (χ4v) is 6.41. The van der Waals surface area contributed by atoms with Gasteiger partial charge in [0.25, 0.3) is 0 Å². The van der Waals surface area contributed by atoms with E-state index in [1.54, 1.807) is 0 Å². The molecular weight excluding hydrogens is 299 g/mol. The van der Waals surface area contributed by atoms with Gasteiger partial charge in [-0.1, -0.05) is 20.8 Å². The van der Waals surface area contributed by atoms with Crippen LogP contribution in [0.4, 0.5) is 0 Å². The molecule has 0 aliphatic heterocycles. The van der Waals surface area contributed by atoms with Crippen LogP contribution in [0.25, 0.3) is 0 Å². The highest BCUT2D eigenvalue weighted by Crippen LogP contribution is 2.76. The van der Waals surface area contributed by atoms with Gasteiger partial charge < -0.3 is 4.74 Å². The van der Waals surface area contributed by atoms with Crippen LogP contribution in [0.3, 0.4) is 0 Å². The molecule has 3 aliphatic rings. The number of ketones is 1. The summed E-state index contributed by atoms with van der Waals surface area (Å²) in [6.07, 6.45) is 1.71. The number of esters is 1. The Morgan fingerprint density at radius 1 is 1.20 bits per heavy atom. The maximum atomic E-state index is 13.0. The molecule has 3 aliphatic carbocycles. The standard InChI is InChI=1S/C15H20Cl2O3/c1-13(2)5-7-8(6-13)14(3)9(16)10(17)15(14,11(7)18)12(19)20-4/h7-10H,5-6H2,1-4H3/t7-,8+,9?,10?,14+,15+/m1/s1. The Morgan fingerprint density at radius 3 is 2.35 bits per heavy atom. The number of hydrogen-bond acceptors (Lipinski definition) is 3. The number of methoxy groups -OCH3 is 1. The smallest absolute Gasteiger partial charge is 0.321 e. The molecule has 0 spiro atoms. The average Bonchev–Trinajstić information content (AvgIpc) is 2.79. The Balaban J connectivity index is 2.13. The van der Waals surface area contributed by atoms with Crippen LogP contribution in [0.5, 0.6) is 0 Å². The quantitative estimate of drug-likeness (QED) is 0.424. The van der Waals surface area contributed by atoms with Crippen molar-refractivity contribution in [1.82, 2.24) is 0 Å². The van der Waals surface area contributed by atoms with Crippen LogP contribution >= 0.6 is 23.2 Å². The minimum Gasteiger partial charge on any atom is -0.468 e. The van der Waals surface area contributed by atoms with E-state index in [1.165, 1.54) is 7.11 Å². The Hall–Kier alpha value is -0.280. The Kier molecular flexibility index (Phi) is 2.87. The second kappa shape index (κ2) is 3.92. The van der Waals surface area contributed by atoms with E-state index in [9.17, 15) is 9.59 Å². The van der Waals surface area contributed by atoms with Gasteiger partial charge in [-0.2, -0.15) is 0 Å². The average molecular weight is 319 g/mol. The van der Waals surface area contributed by atoms with Gasteiger partial charge in [0.05, 0.1) is 17.9 Å². The number of carbonyl (C=O) groups is 2. The van der Waals surface area contributed by atoms with Crippen molar-refractivity contribution in [2.45, 2.75) is 44.4 Å². The third-order valence-corrected chi connectivity index (χ3v) is 7.54.